The van der Waals surface area contributed by atoms with Crippen LogP contribution in [0.15, 0.2) is 40.9 Å². The summed E-state index contributed by atoms with van der Waals surface area (Å²) in [7, 11) is 4.63. The van der Waals surface area contributed by atoms with Crippen molar-refractivity contribution in [3.63, 3.8) is 0 Å². The largest absolute Gasteiger partial charge is 0.497 e. The second-order valence-corrected chi connectivity index (χ2v) is 6.87. The van der Waals surface area contributed by atoms with Crippen LogP contribution in [0, 0.1) is 0 Å². The molecule has 0 fully saturated rings. The zero-order valence-electron chi connectivity index (χ0n) is 16.1. The molecule has 0 aliphatic rings. The first-order chi connectivity index (χ1) is 14.0. The summed E-state index contributed by atoms with van der Waals surface area (Å²) in [5, 5.41) is 10.7. The van der Waals surface area contributed by atoms with Crippen molar-refractivity contribution in [3.05, 3.63) is 52.1 Å². The summed E-state index contributed by atoms with van der Waals surface area (Å²) >= 11 is 3.43. The van der Waals surface area contributed by atoms with Gasteiger partial charge in [-0.25, -0.2) is 4.68 Å². The van der Waals surface area contributed by atoms with E-state index < -0.39 is 5.91 Å². The standard InChI is InChI=1S/C19H20BrN5O4/c1-27-13-5-6-14(16(9-13)29-3)22-19(26)17-18(21)25(24-23-17)10-11-8-12(20)4-7-15(11)28-2/h4-9H,10,21H2,1-3H3,(H,22,26). The third-order valence-electron chi connectivity index (χ3n) is 4.21. The number of ether oxygens (including phenoxy) is 3. The van der Waals surface area contributed by atoms with Gasteiger partial charge in [0, 0.05) is 16.1 Å². The van der Waals surface area contributed by atoms with E-state index in [-0.39, 0.29) is 11.5 Å². The molecule has 0 unspecified atom stereocenters. The minimum atomic E-state index is -0.501. The van der Waals surface area contributed by atoms with Gasteiger partial charge in [-0.3, -0.25) is 4.79 Å². The van der Waals surface area contributed by atoms with Gasteiger partial charge in [-0.05, 0) is 30.3 Å². The first-order valence-electron chi connectivity index (χ1n) is 8.51. The summed E-state index contributed by atoms with van der Waals surface area (Å²) in [6.07, 6.45) is 0. The molecule has 0 atom stereocenters. The molecule has 3 aromatic rings. The minimum Gasteiger partial charge on any atom is -0.497 e. The molecule has 10 heteroatoms. The Bertz CT molecular complexity index is 1040. The van der Waals surface area contributed by atoms with E-state index in [9.17, 15) is 4.79 Å². The Morgan fingerprint density at radius 3 is 2.55 bits per heavy atom. The van der Waals surface area contributed by atoms with Gasteiger partial charge >= 0.3 is 0 Å². The number of carbonyl (C=O) groups excluding carboxylic acids is 1. The van der Waals surface area contributed by atoms with E-state index in [0.717, 1.165) is 10.0 Å². The van der Waals surface area contributed by atoms with Crippen LogP contribution in [-0.4, -0.2) is 42.2 Å². The zero-order chi connectivity index (χ0) is 21.0. The van der Waals surface area contributed by atoms with Crippen LogP contribution in [0.5, 0.6) is 17.2 Å². The lowest BCUT2D eigenvalue weighted by Crippen LogP contribution is -2.16. The number of benzene rings is 2. The quantitative estimate of drug-likeness (QED) is 0.555. The number of carbonyl (C=O) groups is 1. The molecule has 1 aromatic heterocycles. The lowest BCUT2D eigenvalue weighted by Gasteiger charge is -2.11. The first kappa shape index (κ1) is 20.5. The Morgan fingerprint density at radius 2 is 1.86 bits per heavy atom. The van der Waals surface area contributed by atoms with Gasteiger partial charge in [-0.2, -0.15) is 0 Å². The number of halogens is 1. The van der Waals surface area contributed by atoms with Crippen LogP contribution in [0.25, 0.3) is 0 Å². The molecule has 0 spiro atoms. The predicted octanol–water partition coefficient (Wildman–Crippen LogP) is 2.95. The number of hydrogen-bond donors (Lipinski definition) is 2. The Labute approximate surface area is 175 Å². The molecule has 0 aliphatic carbocycles. The van der Waals surface area contributed by atoms with Gasteiger partial charge in [0.05, 0.1) is 33.6 Å². The van der Waals surface area contributed by atoms with Crippen molar-refractivity contribution >= 4 is 33.3 Å². The normalized spacial score (nSPS) is 10.5. The van der Waals surface area contributed by atoms with Crippen LogP contribution in [0.4, 0.5) is 11.5 Å². The van der Waals surface area contributed by atoms with Crippen LogP contribution in [-0.2, 0) is 6.54 Å². The fourth-order valence-corrected chi connectivity index (χ4v) is 3.12. The van der Waals surface area contributed by atoms with Gasteiger partial charge in [-0.1, -0.05) is 21.1 Å². The van der Waals surface area contributed by atoms with Crippen molar-refractivity contribution in [2.24, 2.45) is 0 Å². The molecular formula is C19H20BrN5O4. The topological polar surface area (TPSA) is 114 Å². The smallest absolute Gasteiger partial charge is 0.280 e. The summed E-state index contributed by atoms with van der Waals surface area (Å²) in [6, 6.07) is 10.6. The van der Waals surface area contributed by atoms with Gasteiger partial charge in [0.15, 0.2) is 11.5 Å². The monoisotopic (exact) mass is 461 g/mol. The van der Waals surface area contributed by atoms with Gasteiger partial charge in [-0.15, -0.1) is 5.10 Å². The molecule has 3 N–H and O–H groups in total. The van der Waals surface area contributed by atoms with Crippen LogP contribution in [0.3, 0.4) is 0 Å². The van der Waals surface area contributed by atoms with E-state index >= 15 is 0 Å². The molecule has 0 saturated heterocycles. The second-order valence-electron chi connectivity index (χ2n) is 5.96. The highest BCUT2D eigenvalue weighted by atomic mass is 79.9. The van der Waals surface area contributed by atoms with Crippen molar-refractivity contribution in [2.45, 2.75) is 6.54 Å². The van der Waals surface area contributed by atoms with E-state index in [0.29, 0.717) is 29.5 Å². The molecule has 152 valence electrons. The first-order valence-corrected chi connectivity index (χ1v) is 9.30. The highest BCUT2D eigenvalue weighted by Crippen LogP contribution is 2.30. The fourth-order valence-electron chi connectivity index (χ4n) is 2.71. The number of nitrogens with one attached hydrogen (secondary N) is 1. The van der Waals surface area contributed by atoms with E-state index in [4.69, 9.17) is 19.9 Å². The Hall–Kier alpha value is -3.27. The number of amides is 1. The van der Waals surface area contributed by atoms with E-state index in [1.54, 1.807) is 32.4 Å². The number of anilines is 2. The molecule has 9 nitrogen and oxygen atoms in total. The fraction of sp³-hybridized carbons (Fsp3) is 0.211. The molecule has 2 aromatic carbocycles. The highest BCUT2D eigenvalue weighted by Gasteiger charge is 2.20. The highest BCUT2D eigenvalue weighted by molar-refractivity contribution is 9.10. The number of rotatable bonds is 7. The van der Waals surface area contributed by atoms with Crippen molar-refractivity contribution in [2.75, 3.05) is 32.4 Å². The molecule has 0 radical (unpaired) electrons. The Kier molecular flexibility index (Phi) is 6.23. The maximum Gasteiger partial charge on any atom is 0.280 e. The zero-order valence-corrected chi connectivity index (χ0v) is 17.7. The van der Waals surface area contributed by atoms with Gasteiger partial charge in [0.1, 0.15) is 17.2 Å². The van der Waals surface area contributed by atoms with E-state index in [2.05, 4.69) is 31.6 Å². The Balaban J connectivity index is 1.82. The SMILES string of the molecule is COc1ccc(NC(=O)c2nnn(Cc3cc(Br)ccc3OC)c2N)c(OC)c1. The van der Waals surface area contributed by atoms with Gasteiger partial charge in [0.2, 0.25) is 0 Å². The molecule has 0 aliphatic heterocycles. The third kappa shape index (κ3) is 4.43. The summed E-state index contributed by atoms with van der Waals surface area (Å²) < 4.78 is 18.1. The van der Waals surface area contributed by atoms with Crippen molar-refractivity contribution in [1.82, 2.24) is 15.0 Å². The Morgan fingerprint density at radius 1 is 1.10 bits per heavy atom. The molecule has 29 heavy (non-hydrogen) atoms. The van der Waals surface area contributed by atoms with E-state index in [1.165, 1.54) is 11.8 Å². The number of methoxy groups -OCH3 is 3. The number of aromatic nitrogens is 3. The average Bonchev–Trinajstić information content (AvgIpc) is 3.08. The molecule has 1 amide bonds. The number of nitrogens with two attached hydrogens (primary N) is 1. The summed E-state index contributed by atoms with van der Waals surface area (Å²) in [6.45, 7) is 0.292. The van der Waals surface area contributed by atoms with Crippen molar-refractivity contribution < 1.29 is 19.0 Å². The minimum absolute atomic E-state index is 0.0110. The van der Waals surface area contributed by atoms with Crippen LogP contribution in [0.1, 0.15) is 16.1 Å². The second kappa shape index (κ2) is 8.82. The summed E-state index contributed by atoms with van der Waals surface area (Å²) in [4.78, 5) is 12.7. The lowest BCUT2D eigenvalue weighted by molar-refractivity contribution is 0.102. The maximum atomic E-state index is 12.7. The van der Waals surface area contributed by atoms with Crippen LogP contribution in [0.2, 0.25) is 0 Å². The molecule has 3 rings (SSSR count). The van der Waals surface area contributed by atoms with Crippen molar-refractivity contribution in [3.8, 4) is 17.2 Å². The van der Waals surface area contributed by atoms with Crippen LogP contribution >= 0.6 is 15.9 Å². The summed E-state index contributed by atoms with van der Waals surface area (Å²) in [5.74, 6) is 1.36. The molecule has 0 bridgehead atoms. The van der Waals surface area contributed by atoms with Crippen molar-refractivity contribution in [1.29, 1.82) is 0 Å². The van der Waals surface area contributed by atoms with Gasteiger partial charge in [0.25, 0.3) is 5.91 Å². The number of hydrogen-bond acceptors (Lipinski definition) is 7. The molecular weight excluding hydrogens is 442 g/mol. The lowest BCUT2D eigenvalue weighted by atomic mass is 10.2. The van der Waals surface area contributed by atoms with Gasteiger partial charge < -0.3 is 25.3 Å². The predicted molar refractivity (Wildman–Crippen MR) is 112 cm³/mol. The number of nitrogens with zero attached hydrogens (tertiary/aromatic N) is 3. The average molecular weight is 462 g/mol. The summed E-state index contributed by atoms with van der Waals surface area (Å²) in [5.41, 5.74) is 7.43. The third-order valence-corrected chi connectivity index (χ3v) is 4.70. The van der Waals surface area contributed by atoms with Crippen LogP contribution < -0.4 is 25.3 Å². The number of nitrogen functional groups attached to an aromatic ring is 1. The maximum absolute atomic E-state index is 12.7. The molecule has 1 heterocycles. The van der Waals surface area contributed by atoms with E-state index in [1.807, 2.05) is 18.2 Å². The molecule has 0 saturated carbocycles.